The van der Waals surface area contributed by atoms with Gasteiger partial charge in [0.25, 0.3) is 0 Å². The second-order valence-corrected chi connectivity index (χ2v) is 10.7. The predicted molar refractivity (Wildman–Crippen MR) is 135 cm³/mol. The molecule has 5 heterocycles. The van der Waals surface area contributed by atoms with Crippen LogP contribution in [0.5, 0.6) is 5.88 Å². The Labute approximate surface area is 215 Å². The van der Waals surface area contributed by atoms with Crippen molar-refractivity contribution in [2.75, 3.05) is 37.8 Å². The van der Waals surface area contributed by atoms with Crippen molar-refractivity contribution in [2.45, 2.75) is 68.9 Å². The molecule has 1 spiro atoms. The largest absolute Gasteiger partial charge is 0.468 e. The molecule has 3 fully saturated rings. The van der Waals surface area contributed by atoms with Gasteiger partial charge in [-0.25, -0.2) is 15.0 Å². The van der Waals surface area contributed by atoms with E-state index in [0.717, 1.165) is 42.3 Å². The number of aliphatic hydroxyl groups excluding tert-OH is 1. The Morgan fingerprint density at radius 2 is 2.06 bits per heavy atom. The fraction of sp³-hybridized carbons (Fsp3) is 0.625. The van der Waals surface area contributed by atoms with E-state index in [1.165, 1.54) is 11.8 Å². The summed E-state index contributed by atoms with van der Waals surface area (Å²) in [4.78, 5) is 16.8. The highest BCUT2D eigenvalue weighted by atomic mass is 35.5. The van der Waals surface area contributed by atoms with E-state index >= 15 is 0 Å². The van der Waals surface area contributed by atoms with Gasteiger partial charge < -0.3 is 30.0 Å². The summed E-state index contributed by atoms with van der Waals surface area (Å²) in [7, 11) is 0. The quantitative estimate of drug-likeness (QED) is 0.584. The second-order valence-electron chi connectivity index (χ2n) is 9.24. The lowest BCUT2D eigenvalue weighted by molar-refractivity contribution is -0.0813. The van der Waals surface area contributed by atoms with Crippen LogP contribution in [0.4, 0.5) is 5.82 Å². The van der Waals surface area contributed by atoms with Crippen LogP contribution in [0, 0.1) is 12.3 Å². The van der Waals surface area contributed by atoms with E-state index in [2.05, 4.69) is 9.88 Å². The molecule has 5 rings (SSSR count). The van der Waals surface area contributed by atoms with Crippen molar-refractivity contribution in [3.05, 3.63) is 28.7 Å². The Kier molecular flexibility index (Phi) is 8.09. The van der Waals surface area contributed by atoms with Crippen molar-refractivity contribution < 1.29 is 19.3 Å². The zero-order valence-corrected chi connectivity index (χ0v) is 20.9. The van der Waals surface area contributed by atoms with Gasteiger partial charge in [0.2, 0.25) is 5.88 Å². The Balaban J connectivity index is 0.00000289. The zero-order valence-electron chi connectivity index (χ0n) is 19.4. The number of aliphatic hydroxyl groups is 1. The van der Waals surface area contributed by atoms with E-state index in [4.69, 9.17) is 41.5 Å². The minimum absolute atomic E-state index is 0. The van der Waals surface area contributed by atoms with E-state index < -0.39 is 0 Å². The fourth-order valence-electron chi connectivity index (χ4n) is 4.73. The molecule has 0 amide bonds. The molecular formula is C24H34ClN5O4S. The van der Waals surface area contributed by atoms with Gasteiger partial charge in [0, 0.05) is 35.6 Å². The first-order chi connectivity index (χ1) is 16.4. The van der Waals surface area contributed by atoms with Crippen LogP contribution in [-0.2, 0) is 16.1 Å². The summed E-state index contributed by atoms with van der Waals surface area (Å²) in [6, 6.07) is 1.87. The van der Waals surface area contributed by atoms with Crippen molar-refractivity contribution >= 4 is 29.2 Å². The van der Waals surface area contributed by atoms with Crippen molar-refractivity contribution in [1.82, 2.24) is 15.0 Å². The lowest BCUT2D eigenvalue weighted by Crippen LogP contribution is -2.51. The number of anilines is 1. The molecule has 0 radical (unpaired) electrons. The summed E-state index contributed by atoms with van der Waals surface area (Å²) < 4.78 is 16.8. The number of hydrogen-bond donors (Lipinski definition) is 2. The van der Waals surface area contributed by atoms with Gasteiger partial charge >= 0.3 is 0 Å². The molecule has 0 unspecified atom stereocenters. The maximum Gasteiger partial charge on any atom is 0.234 e. The molecule has 0 saturated carbocycles. The van der Waals surface area contributed by atoms with E-state index in [-0.39, 0.29) is 37.7 Å². The summed E-state index contributed by atoms with van der Waals surface area (Å²) >= 11 is 7.96. The monoisotopic (exact) mass is 523 g/mol. The maximum atomic E-state index is 10.1. The van der Waals surface area contributed by atoms with E-state index in [9.17, 15) is 5.11 Å². The molecule has 0 aromatic carbocycles. The Morgan fingerprint density at radius 3 is 2.66 bits per heavy atom. The molecule has 3 saturated heterocycles. The van der Waals surface area contributed by atoms with Gasteiger partial charge in [-0.2, -0.15) is 0 Å². The van der Waals surface area contributed by atoms with Gasteiger partial charge in [-0.3, -0.25) is 0 Å². The molecule has 2 aromatic rings. The van der Waals surface area contributed by atoms with Gasteiger partial charge in [-0.05, 0) is 32.8 Å². The van der Waals surface area contributed by atoms with Gasteiger partial charge in [0.1, 0.15) is 21.8 Å². The highest BCUT2D eigenvalue weighted by Gasteiger charge is 2.47. The topological polar surface area (TPSA) is 116 Å². The van der Waals surface area contributed by atoms with Crippen molar-refractivity contribution in [2.24, 2.45) is 11.1 Å². The standard InChI is InChI=1S/C23H30ClN5O4S.CH4/c1-13-22(34-17-3-6-26-21(18(17)24)33-15-10-31-11-15)28-16(9-30)20(27-13)29-7-4-23(5-8-29)12-32-14(2)19(23)25;/h3,6,14-15,19,30H,4-5,7-12,25H2,1-2H3;1H4/t14-,19+;/m0./s1. The van der Waals surface area contributed by atoms with Crippen molar-refractivity contribution in [3.63, 3.8) is 0 Å². The zero-order chi connectivity index (χ0) is 23.9. The number of aromatic nitrogens is 3. The van der Waals surface area contributed by atoms with Gasteiger partial charge in [-0.1, -0.05) is 30.8 Å². The maximum absolute atomic E-state index is 10.1. The van der Waals surface area contributed by atoms with Gasteiger partial charge in [-0.15, -0.1) is 0 Å². The molecular weight excluding hydrogens is 490 g/mol. The van der Waals surface area contributed by atoms with Crippen LogP contribution >= 0.6 is 23.4 Å². The van der Waals surface area contributed by atoms with Crippen LogP contribution in [0.1, 0.15) is 38.6 Å². The molecule has 0 bridgehead atoms. The Hall–Kier alpha value is -1.69. The lowest BCUT2D eigenvalue weighted by Gasteiger charge is -2.42. The third-order valence-electron chi connectivity index (χ3n) is 7.05. The number of pyridine rings is 1. The van der Waals surface area contributed by atoms with Gasteiger partial charge in [0.15, 0.2) is 5.82 Å². The minimum atomic E-state index is -0.197. The third-order valence-corrected chi connectivity index (χ3v) is 8.66. The number of ether oxygens (including phenoxy) is 3. The average Bonchev–Trinajstić information content (AvgIpc) is 3.08. The molecule has 0 aliphatic carbocycles. The Morgan fingerprint density at radius 1 is 1.31 bits per heavy atom. The predicted octanol–water partition coefficient (Wildman–Crippen LogP) is 3.22. The summed E-state index contributed by atoms with van der Waals surface area (Å²) in [5.41, 5.74) is 7.81. The average molecular weight is 524 g/mol. The van der Waals surface area contributed by atoms with Crippen molar-refractivity contribution in [1.29, 1.82) is 0 Å². The molecule has 2 aromatic heterocycles. The van der Waals surface area contributed by atoms with E-state index in [0.29, 0.717) is 41.4 Å². The summed E-state index contributed by atoms with van der Waals surface area (Å²) in [5.74, 6) is 1.12. The molecule has 2 atom stereocenters. The van der Waals surface area contributed by atoms with Crippen molar-refractivity contribution in [3.8, 4) is 5.88 Å². The van der Waals surface area contributed by atoms with Crippen LogP contribution in [0.3, 0.4) is 0 Å². The smallest absolute Gasteiger partial charge is 0.234 e. The summed E-state index contributed by atoms with van der Waals surface area (Å²) in [5, 5.41) is 11.2. The normalized spacial score (nSPS) is 23.7. The first-order valence-electron chi connectivity index (χ1n) is 11.6. The van der Waals surface area contributed by atoms with Crippen LogP contribution in [-0.4, -0.2) is 71.2 Å². The first kappa shape index (κ1) is 26.4. The highest BCUT2D eigenvalue weighted by Crippen LogP contribution is 2.43. The third kappa shape index (κ3) is 5.10. The molecule has 9 nitrogen and oxygen atoms in total. The molecule has 3 aliphatic rings. The molecule has 192 valence electrons. The molecule has 11 heteroatoms. The number of rotatable bonds is 6. The number of halogens is 1. The SMILES string of the molecule is C.Cc1nc(N2CCC3(CC2)CO[C@@H](C)[C@H]3N)c(CO)nc1Sc1ccnc(OC2COC2)c1Cl. The van der Waals surface area contributed by atoms with Crippen LogP contribution in [0.15, 0.2) is 22.2 Å². The number of nitrogens with zero attached hydrogens (tertiary/aromatic N) is 4. The van der Waals surface area contributed by atoms with Crippen LogP contribution < -0.4 is 15.4 Å². The van der Waals surface area contributed by atoms with Gasteiger partial charge in [0.05, 0.1) is 38.2 Å². The summed E-state index contributed by atoms with van der Waals surface area (Å²) in [6.07, 6.45) is 3.59. The number of piperidine rings is 1. The minimum Gasteiger partial charge on any atom is -0.468 e. The Bertz CT molecular complexity index is 1050. The lowest BCUT2D eigenvalue weighted by atomic mass is 9.73. The van der Waals surface area contributed by atoms with E-state index in [1.807, 2.05) is 19.9 Å². The fourth-order valence-corrected chi connectivity index (χ4v) is 5.87. The summed E-state index contributed by atoms with van der Waals surface area (Å²) in [6.45, 7) is 7.17. The van der Waals surface area contributed by atoms with Crippen LogP contribution in [0.25, 0.3) is 0 Å². The first-order valence-corrected chi connectivity index (χ1v) is 12.8. The highest BCUT2D eigenvalue weighted by molar-refractivity contribution is 7.99. The molecule has 35 heavy (non-hydrogen) atoms. The number of aryl methyl sites for hydroxylation is 1. The molecule has 3 aliphatic heterocycles. The van der Waals surface area contributed by atoms with E-state index in [1.54, 1.807) is 6.20 Å². The number of hydrogen-bond acceptors (Lipinski definition) is 10. The number of nitrogens with two attached hydrogens (primary N) is 1. The van der Waals surface area contributed by atoms with Crippen LogP contribution in [0.2, 0.25) is 5.02 Å². The molecule has 3 N–H and O–H groups in total. The second kappa shape index (κ2) is 10.7.